The second-order valence-corrected chi connectivity index (χ2v) is 2.34. The van der Waals surface area contributed by atoms with Crippen molar-refractivity contribution in [1.29, 1.82) is 0 Å². The van der Waals surface area contributed by atoms with Gasteiger partial charge >= 0.3 is 0 Å². The van der Waals surface area contributed by atoms with Crippen molar-refractivity contribution < 1.29 is 0 Å². The Balaban J connectivity index is 3.05. The molecule has 0 amide bonds. The summed E-state index contributed by atoms with van der Waals surface area (Å²) < 4.78 is 0. The van der Waals surface area contributed by atoms with E-state index >= 15 is 0 Å². The van der Waals surface area contributed by atoms with Crippen LogP contribution in [0.25, 0.3) is 0 Å². The first-order valence-corrected chi connectivity index (χ1v) is 3.14. The van der Waals surface area contributed by atoms with Crippen LogP contribution in [0.5, 0.6) is 0 Å². The Morgan fingerprint density at radius 2 is 2.50 bits per heavy atom. The van der Waals surface area contributed by atoms with Gasteiger partial charge in [0.25, 0.3) is 0 Å². The van der Waals surface area contributed by atoms with Crippen LogP contribution in [0.2, 0.25) is 0 Å². The van der Waals surface area contributed by atoms with Crippen molar-refractivity contribution in [2.45, 2.75) is 6.92 Å². The fraction of sp³-hybridized carbons (Fsp3) is 0.200. The number of aryl methyl sites for hydroxylation is 1. The molecule has 0 saturated heterocycles. The van der Waals surface area contributed by atoms with Gasteiger partial charge in [-0.1, -0.05) is 6.07 Å². The van der Waals surface area contributed by atoms with E-state index in [1.54, 1.807) is 0 Å². The average Bonchev–Trinajstić information content (AvgIpc) is 1.86. The summed E-state index contributed by atoms with van der Waals surface area (Å²) in [5.41, 5.74) is 1.41. The molecule has 6 heavy (non-hydrogen) atoms. The van der Waals surface area contributed by atoms with Crippen LogP contribution in [-0.2, 0) is 0 Å². The van der Waals surface area contributed by atoms with Crippen molar-refractivity contribution >= 4 is 8.19 Å². The Morgan fingerprint density at radius 3 is 2.67 bits per heavy atom. The molecule has 0 aromatic carbocycles. The molecular formula is C5H7P. The van der Waals surface area contributed by atoms with Gasteiger partial charge in [-0.05, 0) is 24.1 Å². The highest BCUT2D eigenvalue weighted by Crippen LogP contribution is 2.07. The summed E-state index contributed by atoms with van der Waals surface area (Å²) in [6, 6.07) is 2.15. The molecule has 1 atom stereocenters. The minimum Gasteiger partial charge on any atom is -0.140 e. The van der Waals surface area contributed by atoms with Gasteiger partial charge in [-0.15, -0.1) is 8.19 Å². The molecule has 1 heterocycles. The molecule has 32 valence electrons. The maximum absolute atomic E-state index is 2.24. The molecule has 0 saturated carbocycles. The molecule has 1 unspecified atom stereocenters. The van der Waals surface area contributed by atoms with Gasteiger partial charge in [0, 0.05) is 0 Å². The first kappa shape index (κ1) is 3.95. The molecule has 0 radical (unpaired) electrons. The molecule has 0 spiro atoms. The summed E-state index contributed by atoms with van der Waals surface area (Å²) in [6.45, 7) is 2.12. The van der Waals surface area contributed by atoms with Crippen LogP contribution in [0.4, 0.5) is 0 Å². The van der Waals surface area contributed by atoms with Gasteiger partial charge in [-0.2, -0.15) is 0 Å². The second kappa shape index (κ2) is 1.49. The highest BCUT2D eigenvalue weighted by Gasteiger charge is 1.73. The summed E-state index contributed by atoms with van der Waals surface area (Å²) in [5.74, 6) is 4.43. The highest BCUT2D eigenvalue weighted by atomic mass is 31.0. The van der Waals surface area contributed by atoms with Gasteiger partial charge in [0.1, 0.15) is 0 Å². The van der Waals surface area contributed by atoms with Gasteiger partial charge in [-0.25, -0.2) is 0 Å². The van der Waals surface area contributed by atoms with Crippen LogP contribution in [0.1, 0.15) is 5.56 Å². The van der Waals surface area contributed by atoms with Crippen LogP contribution >= 0.6 is 8.19 Å². The van der Waals surface area contributed by atoms with Crippen LogP contribution in [0.15, 0.2) is 17.7 Å². The zero-order chi connectivity index (χ0) is 4.41. The van der Waals surface area contributed by atoms with Crippen molar-refractivity contribution in [3.05, 3.63) is 23.2 Å². The Bertz CT molecular complexity index is 107. The van der Waals surface area contributed by atoms with E-state index in [9.17, 15) is 0 Å². The Morgan fingerprint density at radius 1 is 1.67 bits per heavy atom. The lowest BCUT2D eigenvalue weighted by Gasteiger charge is -1.66. The fourth-order valence-corrected chi connectivity index (χ4v) is 1.22. The summed E-state index contributed by atoms with van der Waals surface area (Å²) in [4.78, 5) is 0. The SMILES string of the molecule is Cc1cc[pH]c1. The van der Waals surface area contributed by atoms with Crippen molar-refractivity contribution in [1.82, 2.24) is 0 Å². The van der Waals surface area contributed by atoms with Crippen LogP contribution in [0.3, 0.4) is 0 Å². The lowest BCUT2D eigenvalue weighted by molar-refractivity contribution is 1.56. The Hall–Kier alpha value is -0.220. The second-order valence-electron chi connectivity index (χ2n) is 1.39. The third-order valence-corrected chi connectivity index (χ3v) is 1.73. The topological polar surface area (TPSA) is 0 Å². The smallest absolute Gasteiger partial charge is 0.0394 e. The maximum atomic E-state index is 2.24. The third-order valence-electron chi connectivity index (χ3n) is 0.753. The van der Waals surface area contributed by atoms with E-state index in [2.05, 4.69) is 24.6 Å². The van der Waals surface area contributed by atoms with Crippen molar-refractivity contribution in [3.63, 3.8) is 0 Å². The Labute approximate surface area is 39.3 Å². The van der Waals surface area contributed by atoms with Gasteiger partial charge in [0.2, 0.25) is 0 Å². The predicted octanol–water partition coefficient (Wildman–Crippen LogP) is 2.03. The first-order chi connectivity index (χ1) is 2.89. The van der Waals surface area contributed by atoms with Gasteiger partial charge < -0.3 is 0 Å². The molecule has 0 fully saturated rings. The maximum Gasteiger partial charge on any atom is -0.0394 e. The summed E-state index contributed by atoms with van der Waals surface area (Å²) in [5, 5.41) is 0. The van der Waals surface area contributed by atoms with E-state index in [-0.39, 0.29) is 0 Å². The molecule has 1 aromatic heterocycles. The van der Waals surface area contributed by atoms with E-state index in [1.807, 2.05) is 0 Å². The number of hydrogen-bond donors (Lipinski definition) is 0. The number of hydrogen-bond acceptors (Lipinski definition) is 0. The van der Waals surface area contributed by atoms with E-state index in [0.717, 1.165) is 8.19 Å². The molecule has 0 nitrogen and oxygen atoms in total. The predicted molar refractivity (Wildman–Crippen MR) is 30.7 cm³/mol. The van der Waals surface area contributed by atoms with Crippen LogP contribution in [0, 0.1) is 6.92 Å². The molecule has 0 aliphatic carbocycles. The minimum atomic E-state index is 0.946. The van der Waals surface area contributed by atoms with E-state index in [0.29, 0.717) is 0 Å². The molecule has 0 aliphatic heterocycles. The fourth-order valence-electron chi connectivity index (χ4n) is 0.407. The summed E-state index contributed by atoms with van der Waals surface area (Å²) in [6.07, 6.45) is 0. The molecule has 1 heteroatoms. The van der Waals surface area contributed by atoms with Gasteiger partial charge in [0.05, 0.1) is 0 Å². The highest BCUT2D eigenvalue weighted by molar-refractivity contribution is 7.28. The number of rotatable bonds is 0. The van der Waals surface area contributed by atoms with Crippen molar-refractivity contribution in [3.8, 4) is 0 Å². The molecule has 1 aromatic rings. The summed E-state index contributed by atoms with van der Waals surface area (Å²) in [7, 11) is 0.946. The van der Waals surface area contributed by atoms with Crippen molar-refractivity contribution in [2.75, 3.05) is 0 Å². The zero-order valence-electron chi connectivity index (χ0n) is 3.73. The van der Waals surface area contributed by atoms with Gasteiger partial charge in [0.15, 0.2) is 0 Å². The third kappa shape index (κ3) is 0.636. The van der Waals surface area contributed by atoms with Crippen LogP contribution in [-0.4, -0.2) is 0 Å². The summed E-state index contributed by atoms with van der Waals surface area (Å²) >= 11 is 0. The first-order valence-electron chi connectivity index (χ1n) is 1.99. The van der Waals surface area contributed by atoms with Crippen LogP contribution < -0.4 is 0 Å². The zero-order valence-corrected chi connectivity index (χ0v) is 4.73. The monoisotopic (exact) mass is 98.0 g/mol. The molecule has 0 N–H and O–H groups in total. The normalized spacial score (nSPS) is 10.2. The Kier molecular flexibility index (Phi) is 0.979. The van der Waals surface area contributed by atoms with E-state index < -0.39 is 0 Å². The average molecular weight is 98.1 g/mol. The van der Waals surface area contributed by atoms with E-state index in [4.69, 9.17) is 0 Å². The molecule has 0 bridgehead atoms. The largest absolute Gasteiger partial charge is 0.140 e. The lowest BCUT2D eigenvalue weighted by Crippen LogP contribution is -1.47. The van der Waals surface area contributed by atoms with Gasteiger partial charge in [-0.3, -0.25) is 0 Å². The standard InChI is InChI=1S/C5H7P/c1-5-2-3-6-4-5/h2-4,6H,1H3. The lowest BCUT2D eigenvalue weighted by atomic mass is 10.4. The minimum absolute atomic E-state index is 0.946. The molecule has 1 rings (SSSR count). The molecular weight excluding hydrogens is 91.0 g/mol. The quantitative estimate of drug-likeness (QED) is 0.465. The molecule has 0 aliphatic rings. The van der Waals surface area contributed by atoms with E-state index in [1.165, 1.54) is 5.56 Å². The van der Waals surface area contributed by atoms with Crippen molar-refractivity contribution in [2.24, 2.45) is 0 Å².